The highest BCUT2D eigenvalue weighted by atomic mass is 16.6. The maximum absolute atomic E-state index is 12.3. The van der Waals surface area contributed by atoms with E-state index in [-0.39, 0.29) is 11.5 Å². The average molecular weight is 412 g/mol. The molecule has 0 heterocycles. The van der Waals surface area contributed by atoms with Crippen molar-refractivity contribution in [3.63, 3.8) is 0 Å². The molecule has 0 saturated carbocycles. The van der Waals surface area contributed by atoms with Crippen molar-refractivity contribution in [2.45, 2.75) is 45.8 Å². The number of esters is 1. The molecule has 0 aliphatic rings. The minimum absolute atomic E-state index is 0.272. The van der Waals surface area contributed by atoms with E-state index in [0.29, 0.717) is 18.7 Å². The molecule has 0 fully saturated rings. The number of hydrogen-bond acceptors (Lipinski definition) is 5. The molecule has 7 heteroatoms. The lowest BCUT2D eigenvalue weighted by molar-refractivity contribution is -0.129. The molecule has 0 spiro atoms. The summed E-state index contributed by atoms with van der Waals surface area (Å²) in [5.41, 5.74) is 1.26. The second kappa shape index (κ2) is 10.4. The predicted molar refractivity (Wildman–Crippen MR) is 114 cm³/mol. The van der Waals surface area contributed by atoms with E-state index >= 15 is 0 Å². The first kappa shape index (κ1) is 22.9. The second-order valence-electron chi connectivity index (χ2n) is 7.78. The molecule has 30 heavy (non-hydrogen) atoms. The van der Waals surface area contributed by atoms with Gasteiger partial charge in [-0.1, -0.05) is 30.3 Å². The lowest BCUT2D eigenvalue weighted by Gasteiger charge is -2.19. The van der Waals surface area contributed by atoms with Gasteiger partial charge >= 0.3 is 12.1 Å². The molecule has 0 aromatic heterocycles. The van der Waals surface area contributed by atoms with Gasteiger partial charge in [0.2, 0.25) is 0 Å². The van der Waals surface area contributed by atoms with Gasteiger partial charge in [-0.15, -0.1) is 0 Å². The normalized spacial score (nSPS) is 11.9. The third-order valence-corrected chi connectivity index (χ3v) is 3.97. The molecule has 0 radical (unpaired) electrons. The summed E-state index contributed by atoms with van der Waals surface area (Å²) < 4.78 is 10.4. The second-order valence-corrected chi connectivity index (χ2v) is 7.78. The van der Waals surface area contributed by atoms with Crippen molar-refractivity contribution >= 4 is 23.7 Å². The fraction of sp³-hybridized carbons (Fsp3) is 0.348. The first-order valence-corrected chi connectivity index (χ1v) is 9.77. The number of rotatable bonds is 7. The average Bonchev–Trinajstić information content (AvgIpc) is 2.67. The third kappa shape index (κ3) is 7.95. The maximum atomic E-state index is 12.3. The standard InChI is InChI=1S/C23H28N2O5/c1-16(20(26)24-15-14-17-8-6-5-7-9-17)29-21(27)18-10-12-19(13-11-18)25-22(28)30-23(2,3)4/h5-13,16H,14-15H2,1-4H3,(H,24,26)(H,25,28)/t16-/m0/s1. The van der Waals surface area contributed by atoms with Crippen molar-refractivity contribution in [2.24, 2.45) is 0 Å². The van der Waals surface area contributed by atoms with Crippen LogP contribution in [0.1, 0.15) is 43.6 Å². The van der Waals surface area contributed by atoms with Gasteiger partial charge in [0.05, 0.1) is 5.56 Å². The molecule has 160 valence electrons. The van der Waals surface area contributed by atoms with Gasteiger partial charge < -0.3 is 14.8 Å². The highest BCUT2D eigenvalue weighted by Crippen LogP contribution is 2.14. The van der Waals surface area contributed by atoms with Crippen LogP contribution in [0.25, 0.3) is 0 Å². The number of ether oxygens (including phenoxy) is 2. The number of anilines is 1. The molecule has 0 bridgehead atoms. The van der Waals surface area contributed by atoms with E-state index in [1.165, 1.54) is 19.1 Å². The number of amides is 2. The first-order chi connectivity index (χ1) is 14.1. The van der Waals surface area contributed by atoms with E-state index in [0.717, 1.165) is 5.56 Å². The van der Waals surface area contributed by atoms with Gasteiger partial charge in [-0.05, 0) is 63.9 Å². The van der Waals surface area contributed by atoms with Gasteiger partial charge in [0.1, 0.15) is 5.60 Å². The van der Waals surface area contributed by atoms with Crippen molar-refractivity contribution in [3.8, 4) is 0 Å². The van der Waals surface area contributed by atoms with E-state index in [2.05, 4.69) is 10.6 Å². The van der Waals surface area contributed by atoms with Crippen LogP contribution in [0.15, 0.2) is 54.6 Å². The van der Waals surface area contributed by atoms with Gasteiger partial charge in [-0.3, -0.25) is 10.1 Å². The van der Waals surface area contributed by atoms with Crippen LogP contribution in [-0.2, 0) is 20.7 Å². The molecule has 1 atom stereocenters. The van der Waals surface area contributed by atoms with Gasteiger partial charge in [-0.2, -0.15) is 0 Å². The largest absolute Gasteiger partial charge is 0.449 e. The highest BCUT2D eigenvalue weighted by Gasteiger charge is 2.19. The number of nitrogens with one attached hydrogen (secondary N) is 2. The van der Waals surface area contributed by atoms with Gasteiger partial charge in [-0.25, -0.2) is 9.59 Å². The molecule has 2 aromatic carbocycles. The van der Waals surface area contributed by atoms with Crippen molar-refractivity contribution in [1.29, 1.82) is 0 Å². The number of hydrogen-bond donors (Lipinski definition) is 2. The summed E-state index contributed by atoms with van der Waals surface area (Å²) in [5.74, 6) is -0.980. The molecule has 0 aliphatic heterocycles. The third-order valence-electron chi connectivity index (χ3n) is 3.97. The fourth-order valence-electron chi connectivity index (χ4n) is 2.51. The minimum atomic E-state index is -0.923. The first-order valence-electron chi connectivity index (χ1n) is 9.77. The zero-order valence-electron chi connectivity index (χ0n) is 17.7. The minimum Gasteiger partial charge on any atom is -0.449 e. The number of carbonyl (C=O) groups is 3. The van der Waals surface area contributed by atoms with Gasteiger partial charge in [0.25, 0.3) is 5.91 Å². The Morgan fingerprint density at radius 3 is 2.20 bits per heavy atom. The Labute approximate surface area is 176 Å². The summed E-state index contributed by atoms with van der Waals surface area (Å²) in [6.07, 6.45) is -0.814. The quantitative estimate of drug-likeness (QED) is 0.672. The van der Waals surface area contributed by atoms with Crippen LogP contribution < -0.4 is 10.6 Å². The Balaban J connectivity index is 1.80. The highest BCUT2D eigenvalue weighted by molar-refractivity contribution is 5.93. The maximum Gasteiger partial charge on any atom is 0.412 e. The smallest absolute Gasteiger partial charge is 0.412 e. The van der Waals surface area contributed by atoms with E-state index in [9.17, 15) is 14.4 Å². The van der Waals surface area contributed by atoms with Crippen molar-refractivity contribution in [1.82, 2.24) is 5.32 Å². The van der Waals surface area contributed by atoms with Crippen LogP contribution in [0, 0.1) is 0 Å². The Bertz CT molecular complexity index is 857. The zero-order chi connectivity index (χ0) is 22.1. The number of carbonyl (C=O) groups excluding carboxylic acids is 3. The van der Waals surface area contributed by atoms with Crippen molar-refractivity contribution in [2.75, 3.05) is 11.9 Å². The van der Waals surface area contributed by atoms with E-state index < -0.39 is 23.8 Å². The summed E-state index contributed by atoms with van der Waals surface area (Å²) >= 11 is 0. The molecular weight excluding hydrogens is 384 g/mol. The Hall–Kier alpha value is -3.35. The van der Waals surface area contributed by atoms with Crippen LogP contribution in [0.3, 0.4) is 0 Å². The van der Waals surface area contributed by atoms with Crippen LogP contribution in [0.5, 0.6) is 0 Å². The van der Waals surface area contributed by atoms with Crippen LogP contribution in [0.4, 0.5) is 10.5 Å². The predicted octanol–water partition coefficient (Wildman–Crippen LogP) is 3.94. The molecule has 7 nitrogen and oxygen atoms in total. The summed E-state index contributed by atoms with van der Waals surface area (Å²) in [4.78, 5) is 36.2. The van der Waals surface area contributed by atoms with E-state index in [4.69, 9.17) is 9.47 Å². The van der Waals surface area contributed by atoms with Crippen molar-refractivity contribution < 1.29 is 23.9 Å². The zero-order valence-corrected chi connectivity index (χ0v) is 17.7. The summed E-state index contributed by atoms with van der Waals surface area (Å²) in [6.45, 7) is 7.28. The summed E-state index contributed by atoms with van der Waals surface area (Å²) in [6, 6.07) is 15.9. The van der Waals surface area contributed by atoms with Crippen molar-refractivity contribution in [3.05, 3.63) is 65.7 Å². The topological polar surface area (TPSA) is 93.7 Å². The SMILES string of the molecule is C[C@H](OC(=O)c1ccc(NC(=O)OC(C)(C)C)cc1)C(=O)NCCc1ccccc1. The molecule has 2 rings (SSSR count). The molecule has 2 N–H and O–H groups in total. The summed E-state index contributed by atoms with van der Waals surface area (Å²) in [5, 5.41) is 5.34. The van der Waals surface area contributed by atoms with E-state index in [1.54, 1.807) is 32.9 Å². The Kier molecular flexibility index (Phi) is 7.98. The van der Waals surface area contributed by atoms with Gasteiger partial charge in [0.15, 0.2) is 6.10 Å². The molecular formula is C23H28N2O5. The van der Waals surface area contributed by atoms with Crippen LogP contribution >= 0.6 is 0 Å². The molecule has 0 aliphatic carbocycles. The Morgan fingerprint density at radius 2 is 1.60 bits per heavy atom. The van der Waals surface area contributed by atoms with Crippen LogP contribution in [-0.4, -0.2) is 36.2 Å². The van der Waals surface area contributed by atoms with Crippen LogP contribution in [0.2, 0.25) is 0 Å². The molecule has 2 amide bonds. The number of benzene rings is 2. The van der Waals surface area contributed by atoms with Gasteiger partial charge in [0, 0.05) is 12.2 Å². The molecule has 2 aromatic rings. The Morgan fingerprint density at radius 1 is 0.967 bits per heavy atom. The lowest BCUT2D eigenvalue weighted by Crippen LogP contribution is -2.36. The van der Waals surface area contributed by atoms with E-state index in [1.807, 2.05) is 30.3 Å². The summed E-state index contributed by atoms with van der Waals surface area (Å²) in [7, 11) is 0. The molecule has 0 saturated heterocycles. The molecule has 0 unspecified atom stereocenters. The fourth-order valence-corrected chi connectivity index (χ4v) is 2.51. The monoisotopic (exact) mass is 412 g/mol. The lowest BCUT2D eigenvalue weighted by atomic mass is 10.1.